The van der Waals surface area contributed by atoms with E-state index >= 15 is 0 Å². The Hall–Kier alpha value is -1.10. The number of rotatable bonds is 6. The Labute approximate surface area is 128 Å². The molecule has 0 heterocycles. The normalized spacial score (nSPS) is 11.1. The summed E-state index contributed by atoms with van der Waals surface area (Å²) in [7, 11) is 4.07. The highest BCUT2D eigenvalue weighted by Gasteiger charge is 2.20. The Kier molecular flexibility index (Phi) is 7.79. The standard InChI is InChI=1S/C15H25N3O.ClH/c1-15(2,11-18(3)4)10-17-14(19)13-7-5-12(9-16)6-8-13;/h5-8H,9-11,16H2,1-4H3,(H,17,19);1H. The Balaban J connectivity index is 0.00000361. The van der Waals surface area contributed by atoms with Crippen molar-refractivity contribution in [3.8, 4) is 0 Å². The number of halogens is 1. The van der Waals surface area contributed by atoms with Crippen molar-refractivity contribution in [2.24, 2.45) is 11.1 Å². The minimum Gasteiger partial charge on any atom is -0.351 e. The van der Waals surface area contributed by atoms with Gasteiger partial charge in [-0.3, -0.25) is 4.79 Å². The van der Waals surface area contributed by atoms with Gasteiger partial charge in [-0.05, 0) is 37.2 Å². The molecule has 0 aliphatic carbocycles. The molecule has 0 fully saturated rings. The number of nitrogens with one attached hydrogen (secondary N) is 1. The second-order valence-electron chi connectivity index (χ2n) is 5.99. The minimum atomic E-state index is -0.0320. The molecule has 20 heavy (non-hydrogen) atoms. The first-order valence-corrected chi connectivity index (χ1v) is 6.56. The number of nitrogens with zero attached hydrogens (tertiary/aromatic N) is 1. The number of amides is 1. The van der Waals surface area contributed by atoms with Gasteiger partial charge in [-0.25, -0.2) is 0 Å². The lowest BCUT2D eigenvalue weighted by atomic mass is 9.93. The molecular weight excluding hydrogens is 274 g/mol. The highest BCUT2D eigenvalue weighted by atomic mass is 35.5. The van der Waals surface area contributed by atoms with Crippen LogP contribution in [0.5, 0.6) is 0 Å². The highest BCUT2D eigenvalue weighted by molar-refractivity contribution is 5.94. The highest BCUT2D eigenvalue weighted by Crippen LogP contribution is 2.14. The SMILES string of the molecule is CN(C)CC(C)(C)CNC(=O)c1ccc(CN)cc1.Cl. The number of hydrogen-bond donors (Lipinski definition) is 2. The first kappa shape index (κ1) is 18.9. The van der Waals surface area contributed by atoms with Crippen LogP contribution >= 0.6 is 12.4 Å². The molecule has 0 saturated carbocycles. The molecule has 1 aromatic carbocycles. The lowest BCUT2D eigenvalue weighted by Gasteiger charge is -2.28. The van der Waals surface area contributed by atoms with Crippen molar-refractivity contribution in [3.63, 3.8) is 0 Å². The number of carbonyl (C=O) groups excluding carboxylic acids is 1. The number of benzene rings is 1. The summed E-state index contributed by atoms with van der Waals surface area (Å²) in [5.41, 5.74) is 7.30. The number of nitrogens with two attached hydrogens (primary N) is 1. The quantitative estimate of drug-likeness (QED) is 0.843. The third kappa shape index (κ3) is 6.37. The van der Waals surface area contributed by atoms with Crippen LogP contribution < -0.4 is 11.1 Å². The van der Waals surface area contributed by atoms with Gasteiger partial charge in [0.1, 0.15) is 0 Å². The topological polar surface area (TPSA) is 58.4 Å². The van der Waals surface area contributed by atoms with E-state index in [4.69, 9.17) is 5.73 Å². The summed E-state index contributed by atoms with van der Waals surface area (Å²) in [6.07, 6.45) is 0. The van der Waals surface area contributed by atoms with Crippen LogP contribution in [0.4, 0.5) is 0 Å². The summed E-state index contributed by atoms with van der Waals surface area (Å²) >= 11 is 0. The van der Waals surface area contributed by atoms with Gasteiger partial charge < -0.3 is 16.0 Å². The van der Waals surface area contributed by atoms with Crippen molar-refractivity contribution in [1.82, 2.24) is 10.2 Å². The summed E-state index contributed by atoms with van der Waals surface area (Å²) in [4.78, 5) is 14.1. The average Bonchev–Trinajstić information content (AvgIpc) is 2.34. The van der Waals surface area contributed by atoms with Gasteiger partial charge in [0.05, 0.1) is 0 Å². The molecule has 0 aliphatic rings. The largest absolute Gasteiger partial charge is 0.351 e. The maximum atomic E-state index is 12.0. The summed E-state index contributed by atoms with van der Waals surface area (Å²) < 4.78 is 0. The van der Waals surface area contributed by atoms with Crippen molar-refractivity contribution < 1.29 is 4.79 Å². The van der Waals surface area contributed by atoms with Crippen LogP contribution in [-0.4, -0.2) is 38.0 Å². The van der Waals surface area contributed by atoms with E-state index in [1.54, 1.807) is 0 Å². The lowest BCUT2D eigenvalue weighted by Crippen LogP contribution is -2.39. The number of carbonyl (C=O) groups is 1. The smallest absolute Gasteiger partial charge is 0.251 e. The fourth-order valence-electron chi connectivity index (χ4n) is 2.13. The van der Waals surface area contributed by atoms with E-state index in [1.165, 1.54) is 0 Å². The fraction of sp³-hybridized carbons (Fsp3) is 0.533. The van der Waals surface area contributed by atoms with Crippen LogP contribution in [0, 0.1) is 5.41 Å². The Morgan fingerprint density at radius 2 is 1.80 bits per heavy atom. The van der Waals surface area contributed by atoms with Crippen molar-refractivity contribution >= 4 is 18.3 Å². The van der Waals surface area contributed by atoms with E-state index in [2.05, 4.69) is 24.1 Å². The van der Waals surface area contributed by atoms with Crippen molar-refractivity contribution in [2.45, 2.75) is 20.4 Å². The Bertz CT molecular complexity index is 416. The van der Waals surface area contributed by atoms with Gasteiger partial charge in [0.25, 0.3) is 5.91 Å². The first-order chi connectivity index (χ1) is 8.84. The van der Waals surface area contributed by atoms with Crippen LogP contribution in [0.1, 0.15) is 29.8 Å². The molecule has 4 nitrogen and oxygen atoms in total. The second-order valence-corrected chi connectivity index (χ2v) is 5.99. The lowest BCUT2D eigenvalue weighted by molar-refractivity contribution is 0.0929. The molecule has 1 amide bonds. The summed E-state index contributed by atoms with van der Waals surface area (Å²) in [6.45, 7) is 6.37. The summed E-state index contributed by atoms with van der Waals surface area (Å²) in [5, 5.41) is 2.99. The van der Waals surface area contributed by atoms with E-state index in [0.717, 1.165) is 12.1 Å². The molecule has 0 spiro atoms. The van der Waals surface area contributed by atoms with Crippen LogP contribution in [0.25, 0.3) is 0 Å². The Morgan fingerprint density at radius 1 is 1.25 bits per heavy atom. The van der Waals surface area contributed by atoms with Gasteiger partial charge in [0.15, 0.2) is 0 Å². The molecule has 1 rings (SSSR count). The van der Waals surface area contributed by atoms with Crippen LogP contribution in [0.15, 0.2) is 24.3 Å². The van der Waals surface area contributed by atoms with Gasteiger partial charge in [0, 0.05) is 25.2 Å². The van der Waals surface area contributed by atoms with Crippen molar-refractivity contribution in [3.05, 3.63) is 35.4 Å². The maximum absolute atomic E-state index is 12.0. The van der Waals surface area contributed by atoms with E-state index in [0.29, 0.717) is 18.7 Å². The molecule has 0 aromatic heterocycles. The van der Waals surface area contributed by atoms with Gasteiger partial charge in [-0.15, -0.1) is 12.4 Å². The molecular formula is C15H26ClN3O. The predicted octanol–water partition coefficient (Wildman–Crippen LogP) is 1.88. The van der Waals surface area contributed by atoms with Gasteiger partial charge in [-0.1, -0.05) is 26.0 Å². The van der Waals surface area contributed by atoms with Crippen molar-refractivity contribution in [1.29, 1.82) is 0 Å². The maximum Gasteiger partial charge on any atom is 0.251 e. The second kappa shape index (κ2) is 8.25. The molecule has 0 unspecified atom stereocenters. The van der Waals surface area contributed by atoms with Crippen molar-refractivity contribution in [2.75, 3.05) is 27.2 Å². The van der Waals surface area contributed by atoms with Crippen LogP contribution in [-0.2, 0) is 6.54 Å². The third-order valence-electron chi connectivity index (χ3n) is 2.92. The predicted molar refractivity (Wildman–Crippen MR) is 86.2 cm³/mol. The van der Waals surface area contributed by atoms with E-state index in [-0.39, 0.29) is 23.7 Å². The van der Waals surface area contributed by atoms with Crippen LogP contribution in [0.3, 0.4) is 0 Å². The summed E-state index contributed by atoms with van der Waals surface area (Å²) in [5.74, 6) is -0.0320. The molecule has 0 bridgehead atoms. The van der Waals surface area contributed by atoms with Crippen LogP contribution in [0.2, 0.25) is 0 Å². The van der Waals surface area contributed by atoms with E-state index in [1.807, 2.05) is 38.4 Å². The zero-order valence-electron chi connectivity index (χ0n) is 12.8. The summed E-state index contributed by atoms with van der Waals surface area (Å²) in [6, 6.07) is 7.41. The van der Waals surface area contributed by atoms with Gasteiger partial charge >= 0.3 is 0 Å². The first-order valence-electron chi connectivity index (χ1n) is 6.56. The fourth-order valence-corrected chi connectivity index (χ4v) is 2.13. The molecule has 0 atom stereocenters. The van der Waals surface area contributed by atoms with Gasteiger partial charge in [0.2, 0.25) is 0 Å². The van der Waals surface area contributed by atoms with E-state index < -0.39 is 0 Å². The average molecular weight is 300 g/mol. The van der Waals surface area contributed by atoms with Gasteiger partial charge in [-0.2, -0.15) is 0 Å². The Morgan fingerprint density at radius 3 is 2.25 bits per heavy atom. The molecule has 0 aliphatic heterocycles. The molecule has 0 radical (unpaired) electrons. The molecule has 114 valence electrons. The third-order valence-corrected chi connectivity index (χ3v) is 2.92. The zero-order valence-corrected chi connectivity index (χ0v) is 13.6. The molecule has 0 saturated heterocycles. The number of hydrogen-bond acceptors (Lipinski definition) is 3. The molecule has 5 heteroatoms. The zero-order chi connectivity index (χ0) is 14.5. The monoisotopic (exact) mass is 299 g/mol. The molecule has 3 N–H and O–H groups in total. The minimum absolute atomic E-state index is 0. The van der Waals surface area contributed by atoms with E-state index in [9.17, 15) is 4.79 Å². The molecule has 1 aromatic rings.